The van der Waals surface area contributed by atoms with Crippen LogP contribution >= 0.6 is 0 Å². The van der Waals surface area contributed by atoms with E-state index < -0.39 is 29.4 Å². The number of amides is 3. The van der Waals surface area contributed by atoms with Crippen molar-refractivity contribution in [2.45, 2.75) is 12.8 Å². The van der Waals surface area contributed by atoms with Crippen LogP contribution in [0.2, 0.25) is 0 Å². The van der Waals surface area contributed by atoms with E-state index in [2.05, 4.69) is 10.6 Å². The maximum Gasteiger partial charge on any atom is 0.239 e. The van der Waals surface area contributed by atoms with Crippen molar-refractivity contribution < 1.29 is 27.6 Å². The molecular formula is C21H20F3N3O3. The molecule has 1 aliphatic heterocycles. The molecule has 1 aliphatic rings. The quantitative estimate of drug-likeness (QED) is 0.532. The van der Waals surface area contributed by atoms with Crippen molar-refractivity contribution in [2.24, 2.45) is 5.92 Å². The van der Waals surface area contributed by atoms with Gasteiger partial charge in [0.2, 0.25) is 17.7 Å². The van der Waals surface area contributed by atoms with Gasteiger partial charge in [-0.25, -0.2) is 13.2 Å². The average molecular weight is 419 g/mol. The molecule has 0 aromatic heterocycles. The summed E-state index contributed by atoms with van der Waals surface area (Å²) in [6.07, 6.45) is 0.300. The number of benzene rings is 2. The predicted molar refractivity (Wildman–Crippen MR) is 103 cm³/mol. The van der Waals surface area contributed by atoms with Gasteiger partial charge in [-0.2, -0.15) is 0 Å². The Balaban J connectivity index is 1.43. The van der Waals surface area contributed by atoms with Gasteiger partial charge >= 0.3 is 0 Å². The monoisotopic (exact) mass is 419 g/mol. The number of nitrogens with one attached hydrogen (secondary N) is 2. The molecule has 9 heteroatoms. The van der Waals surface area contributed by atoms with Crippen LogP contribution in [0, 0.1) is 23.4 Å². The first-order valence-corrected chi connectivity index (χ1v) is 9.40. The zero-order valence-electron chi connectivity index (χ0n) is 16.0. The summed E-state index contributed by atoms with van der Waals surface area (Å²) in [6, 6.07) is 8.34. The highest BCUT2D eigenvalue weighted by atomic mass is 19.1. The summed E-state index contributed by atoms with van der Waals surface area (Å²) in [5.41, 5.74) is 0.726. The lowest BCUT2D eigenvalue weighted by atomic mass is 10.1. The summed E-state index contributed by atoms with van der Waals surface area (Å²) in [7, 11) is 0. The molecule has 0 saturated carbocycles. The van der Waals surface area contributed by atoms with Crippen LogP contribution in [0.3, 0.4) is 0 Å². The SMILES string of the molecule is O=C(Cc1ccc(F)cc1)NCCNC(=O)C1CCN(c2cc(F)cc(F)c2)C1=O. The maximum absolute atomic E-state index is 13.4. The number of carbonyl (C=O) groups is 3. The summed E-state index contributed by atoms with van der Waals surface area (Å²) in [5.74, 6) is -4.27. The topological polar surface area (TPSA) is 78.5 Å². The molecule has 0 radical (unpaired) electrons. The molecule has 1 heterocycles. The van der Waals surface area contributed by atoms with Crippen molar-refractivity contribution >= 4 is 23.4 Å². The van der Waals surface area contributed by atoms with Crippen LogP contribution in [0.25, 0.3) is 0 Å². The van der Waals surface area contributed by atoms with E-state index in [1.807, 2.05) is 0 Å². The lowest BCUT2D eigenvalue weighted by Crippen LogP contribution is -2.40. The summed E-state index contributed by atoms with van der Waals surface area (Å²) in [6.45, 7) is 0.450. The number of halogens is 3. The molecule has 1 saturated heterocycles. The highest BCUT2D eigenvalue weighted by molar-refractivity contribution is 6.09. The second-order valence-corrected chi connectivity index (χ2v) is 6.90. The summed E-state index contributed by atoms with van der Waals surface area (Å²) >= 11 is 0. The largest absolute Gasteiger partial charge is 0.354 e. The van der Waals surface area contributed by atoms with Gasteiger partial charge in [0.1, 0.15) is 23.4 Å². The van der Waals surface area contributed by atoms with Crippen molar-refractivity contribution in [3.05, 3.63) is 65.5 Å². The number of hydrogen-bond donors (Lipinski definition) is 2. The maximum atomic E-state index is 13.4. The molecule has 1 atom stereocenters. The van der Waals surface area contributed by atoms with Crippen molar-refractivity contribution in [3.8, 4) is 0 Å². The van der Waals surface area contributed by atoms with Crippen LogP contribution in [0.5, 0.6) is 0 Å². The van der Waals surface area contributed by atoms with Gasteiger partial charge in [-0.15, -0.1) is 0 Å². The van der Waals surface area contributed by atoms with Crippen molar-refractivity contribution in [3.63, 3.8) is 0 Å². The van der Waals surface area contributed by atoms with E-state index in [-0.39, 0.29) is 49.9 Å². The van der Waals surface area contributed by atoms with Gasteiger partial charge in [0.05, 0.1) is 6.42 Å². The van der Waals surface area contributed by atoms with Crippen LogP contribution in [0.15, 0.2) is 42.5 Å². The van der Waals surface area contributed by atoms with E-state index in [1.54, 1.807) is 0 Å². The van der Waals surface area contributed by atoms with Crippen molar-refractivity contribution in [2.75, 3.05) is 24.5 Å². The molecule has 3 amide bonds. The van der Waals surface area contributed by atoms with Crippen LogP contribution in [0.1, 0.15) is 12.0 Å². The minimum atomic E-state index is -0.953. The van der Waals surface area contributed by atoms with Gasteiger partial charge in [-0.1, -0.05) is 12.1 Å². The van der Waals surface area contributed by atoms with E-state index in [1.165, 1.54) is 29.2 Å². The fraction of sp³-hybridized carbons (Fsp3) is 0.286. The standard InChI is InChI=1S/C21H20F3N3O3/c22-14-3-1-13(2-4-14)9-19(28)25-6-7-26-20(29)18-5-8-27(21(18)30)17-11-15(23)10-16(24)12-17/h1-4,10-12,18H,5-9H2,(H,25,28)(H,26,29). The number of nitrogens with zero attached hydrogens (tertiary/aromatic N) is 1. The van der Waals surface area contributed by atoms with Crippen LogP contribution in [-0.2, 0) is 20.8 Å². The molecule has 3 rings (SSSR count). The van der Waals surface area contributed by atoms with Crippen LogP contribution in [0.4, 0.5) is 18.9 Å². The summed E-state index contributed by atoms with van der Waals surface area (Å²) in [5, 5.41) is 5.20. The molecule has 6 nitrogen and oxygen atoms in total. The van der Waals surface area contributed by atoms with Gasteiger partial charge < -0.3 is 15.5 Å². The Morgan fingerprint density at radius 2 is 1.57 bits per heavy atom. The molecule has 0 aliphatic carbocycles. The summed E-state index contributed by atoms with van der Waals surface area (Å²) in [4.78, 5) is 37.8. The van der Waals surface area contributed by atoms with Crippen molar-refractivity contribution in [1.82, 2.24) is 10.6 Å². The minimum Gasteiger partial charge on any atom is -0.354 e. The normalized spacial score (nSPS) is 15.9. The number of hydrogen-bond acceptors (Lipinski definition) is 3. The van der Waals surface area contributed by atoms with E-state index in [9.17, 15) is 27.6 Å². The molecule has 1 unspecified atom stereocenters. The smallest absolute Gasteiger partial charge is 0.239 e. The van der Waals surface area contributed by atoms with Gasteiger partial charge in [-0.05, 0) is 36.2 Å². The Morgan fingerprint density at radius 3 is 2.23 bits per heavy atom. The van der Waals surface area contributed by atoms with Gasteiger partial charge in [-0.3, -0.25) is 14.4 Å². The molecule has 158 valence electrons. The minimum absolute atomic E-state index is 0.0702. The average Bonchev–Trinajstić information content (AvgIpc) is 3.07. The van der Waals surface area contributed by atoms with Crippen LogP contribution < -0.4 is 15.5 Å². The highest BCUT2D eigenvalue weighted by Gasteiger charge is 2.37. The zero-order valence-corrected chi connectivity index (χ0v) is 16.0. The number of anilines is 1. The molecule has 0 bridgehead atoms. The van der Waals surface area contributed by atoms with E-state index in [0.29, 0.717) is 11.6 Å². The first kappa shape index (κ1) is 21.4. The van der Waals surface area contributed by atoms with E-state index in [4.69, 9.17) is 0 Å². The van der Waals surface area contributed by atoms with Crippen LogP contribution in [-0.4, -0.2) is 37.4 Å². The Morgan fingerprint density at radius 1 is 0.933 bits per heavy atom. The molecule has 1 fully saturated rings. The first-order valence-electron chi connectivity index (χ1n) is 9.40. The Kier molecular flexibility index (Phi) is 6.71. The molecule has 2 aromatic carbocycles. The fourth-order valence-electron chi connectivity index (χ4n) is 3.24. The van der Waals surface area contributed by atoms with Crippen molar-refractivity contribution in [1.29, 1.82) is 0 Å². The lowest BCUT2D eigenvalue weighted by molar-refractivity contribution is -0.132. The van der Waals surface area contributed by atoms with Gasteiger partial charge in [0.15, 0.2) is 0 Å². The third kappa shape index (κ3) is 5.37. The Labute approximate surface area is 171 Å². The third-order valence-corrected chi connectivity index (χ3v) is 4.71. The number of rotatable bonds is 7. The highest BCUT2D eigenvalue weighted by Crippen LogP contribution is 2.26. The third-order valence-electron chi connectivity index (χ3n) is 4.71. The van der Waals surface area contributed by atoms with E-state index in [0.717, 1.165) is 12.1 Å². The second-order valence-electron chi connectivity index (χ2n) is 6.90. The molecule has 2 aromatic rings. The number of carbonyl (C=O) groups excluding carboxylic acids is 3. The lowest BCUT2D eigenvalue weighted by Gasteiger charge is -2.17. The van der Waals surface area contributed by atoms with Gasteiger partial charge in [0, 0.05) is 31.4 Å². The summed E-state index contributed by atoms with van der Waals surface area (Å²) < 4.78 is 39.6. The van der Waals surface area contributed by atoms with E-state index >= 15 is 0 Å². The zero-order chi connectivity index (χ0) is 21.7. The van der Waals surface area contributed by atoms with Gasteiger partial charge in [0.25, 0.3) is 0 Å². The first-order chi connectivity index (χ1) is 14.3. The molecule has 30 heavy (non-hydrogen) atoms. The second kappa shape index (κ2) is 9.43. The molecule has 0 spiro atoms. The molecular weight excluding hydrogens is 399 g/mol. The Hall–Kier alpha value is -3.36. The fourth-order valence-corrected chi connectivity index (χ4v) is 3.24. The molecule has 2 N–H and O–H groups in total. The Bertz CT molecular complexity index is 930. The predicted octanol–water partition coefficient (Wildman–Crippen LogP) is 1.93.